The summed E-state index contributed by atoms with van der Waals surface area (Å²) in [7, 11) is 0. The number of rotatable bonds is 8. The summed E-state index contributed by atoms with van der Waals surface area (Å²) in [6.07, 6.45) is 0.479. The van der Waals surface area contributed by atoms with Gasteiger partial charge in [-0.25, -0.2) is 4.79 Å². The molecule has 1 aliphatic heterocycles. The van der Waals surface area contributed by atoms with E-state index < -0.39 is 17.3 Å². The van der Waals surface area contributed by atoms with Crippen molar-refractivity contribution in [1.82, 2.24) is 9.88 Å². The van der Waals surface area contributed by atoms with Crippen LogP contribution in [-0.4, -0.2) is 60.1 Å². The highest BCUT2D eigenvalue weighted by Gasteiger charge is 2.31. The van der Waals surface area contributed by atoms with Gasteiger partial charge in [0.15, 0.2) is 0 Å². The lowest BCUT2D eigenvalue weighted by atomic mass is 9.74. The fraction of sp³-hybridized carbons (Fsp3) is 0.515. The molecule has 0 radical (unpaired) electrons. The standard InChI is InChI=1S/C33H41F3N4O2S/c1-22-17-26(6-8-29(22)39-13-15-40(16-14-39)31(41)42-32(2,3)4)37-11-9-23-18-24(19-23)21-43-30-10-12-38-28-20-25(33(34,35)36)5-7-27(28)30/h5-8,10,12,17,20,23-24,37H,9,11,13-16,18-19,21H2,1-4H3. The molecular weight excluding hydrogens is 573 g/mol. The number of benzene rings is 2. The monoisotopic (exact) mass is 614 g/mol. The van der Waals surface area contributed by atoms with Crippen molar-refractivity contribution in [2.24, 2.45) is 11.8 Å². The van der Waals surface area contributed by atoms with Gasteiger partial charge in [-0.15, -0.1) is 11.8 Å². The van der Waals surface area contributed by atoms with Crippen LogP contribution < -0.4 is 10.2 Å². The summed E-state index contributed by atoms with van der Waals surface area (Å²) in [5.74, 6) is 2.30. The van der Waals surface area contributed by atoms with Crippen molar-refractivity contribution in [1.29, 1.82) is 0 Å². The highest BCUT2D eigenvalue weighted by atomic mass is 32.2. The Hall–Kier alpha value is -3.14. The Morgan fingerprint density at radius 2 is 1.77 bits per heavy atom. The number of aryl methyl sites for hydroxylation is 1. The van der Waals surface area contributed by atoms with E-state index in [9.17, 15) is 18.0 Å². The summed E-state index contributed by atoms with van der Waals surface area (Å²) in [5.41, 5.74) is 2.79. The van der Waals surface area contributed by atoms with Crippen molar-refractivity contribution in [3.05, 3.63) is 59.8 Å². The molecule has 1 amide bonds. The molecule has 1 aromatic heterocycles. The Kier molecular flexibility index (Phi) is 9.34. The number of carbonyl (C=O) groups is 1. The van der Waals surface area contributed by atoms with Crippen LogP contribution >= 0.6 is 11.8 Å². The van der Waals surface area contributed by atoms with E-state index in [1.807, 2.05) is 26.8 Å². The second kappa shape index (κ2) is 12.8. The fourth-order valence-corrected chi connectivity index (χ4v) is 7.05. The summed E-state index contributed by atoms with van der Waals surface area (Å²) in [6, 6.07) is 12.2. The summed E-state index contributed by atoms with van der Waals surface area (Å²) >= 11 is 1.72. The molecule has 0 atom stereocenters. The number of nitrogens with one attached hydrogen (secondary N) is 1. The quantitative estimate of drug-likeness (QED) is 0.258. The molecule has 5 rings (SSSR count). The number of aromatic nitrogens is 1. The van der Waals surface area contributed by atoms with Gasteiger partial charge in [0, 0.05) is 66.3 Å². The molecule has 0 spiro atoms. The van der Waals surface area contributed by atoms with Crippen LogP contribution in [0.4, 0.5) is 29.3 Å². The van der Waals surface area contributed by atoms with Gasteiger partial charge in [0.25, 0.3) is 0 Å². The van der Waals surface area contributed by atoms with E-state index in [0.29, 0.717) is 30.4 Å². The predicted octanol–water partition coefficient (Wildman–Crippen LogP) is 8.24. The number of anilines is 2. The molecule has 2 heterocycles. The third kappa shape index (κ3) is 8.08. The molecule has 10 heteroatoms. The van der Waals surface area contributed by atoms with E-state index in [4.69, 9.17) is 4.74 Å². The number of amides is 1. The van der Waals surface area contributed by atoms with Crippen LogP contribution in [0.15, 0.2) is 53.6 Å². The molecule has 1 saturated heterocycles. The maximum Gasteiger partial charge on any atom is 0.416 e. The van der Waals surface area contributed by atoms with Crippen LogP contribution in [0, 0.1) is 18.8 Å². The zero-order valence-corrected chi connectivity index (χ0v) is 26.2. The SMILES string of the molecule is Cc1cc(NCCC2CC(CSc3ccnc4cc(C(F)(F)F)ccc34)C2)ccc1N1CCN(C(=O)OC(C)(C)C)CC1. The Morgan fingerprint density at radius 1 is 1.02 bits per heavy atom. The van der Waals surface area contributed by atoms with Crippen LogP contribution in [0.2, 0.25) is 0 Å². The molecule has 0 bridgehead atoms. The average molecular weight is 615 g/mol. The molecule has 1 aliphatic carbocycles. The topological polar surface area (TPSA) is 57.7 Å². The first-order valence-corrected chi connectivity index (χ1v) is 16.0. The van der Waals surface area contributed by atoms with Gasteiger partial charge >= 0.3 is 12.3 Å². The lowest BCUT2D eigenvalue weighted by molar-refractivity contribution is -0.137. The van der Waals surface area contributed by atoms with E-state index in [1.165, 1.54) is 24.1 Å². The minimum Gasteiger partial charge on any atom is -0.444 e. The van der Waals surface area contributed by atoms with Gasteiger partial charge in [-0.3, -0.25) is 4.98 Å². The summed E-state index contributed by atoms with van der Waals surface area (Å²) in [6.45, 7) is 11.6. The Balaban J connectivity index is 1.02. The van der Waals surface area contributed by atoms with E-state index in [1.54, 1.807) is 28.9 Å². The maximum absolute atomic E-state index is 13.1. The summed E-state index contributed by atoms with van der Waals surface area (Å²) in [5, 5.41) is 4.37. The number of nitrogens with zero attached hydrogens (tertiary/aromatic N) is 3. The lowest BCUT2D eigenvalue weighted by Crippen LogP contribution is -2.50. The molecule has 1 saturated carbocycles. The highest BCUT2D eigenvalue weighted by molar-refractivity contribution is 7.99. The van der Waals surface area contributed by atoms with Crippen LogP contribution in [0.25, 0.3) is 10.9 Å². The van der Waals surface area contributed by atoms with Gasteiger partial charge in [-0.05, 0) is 101 Å². The molecular formula is C33H41F3N4O2S. The number of hydrogen-bond acceptors (Lipinski definition) is 6. The number of piperazine rings is 1. The first kappa shape index (κ1) is 31.3. The number of pyridine rings is 1. The van der Waals surface area contributed by atoms with Gasteiger partial charge in [-0.1, -0.05) is 6.07 Å². The zero-order chi connectivity index (χ0) is 30.8. The smallest absolute Gasteiger partial charge is 0.416 e. The number of thioether (sulfide) groups is 1. The van der Waals surface area contributed by atoms with Crippen LogP contribution in [0.1, 0.15) is 51.2 Å². The number of fused-ring (bicyclic) bond motifs is 1. The van der Waals surface area contributed by atoms with E-state index in [0.717, 1.165) is 59.9 Å². The van der Waals surface area contributed by atoms with Crippen molar-refractivity contribution in [3.8, 4) is 0 Å². The van der Waals surface area contributed by atoms with Gasteiger partial charge in [0.1, 0.15) is 5.60 Å². The second-order valence-corrected chi connectivity index (χ2v) is 13.8. The lowest BCUT2D eigenvalue weighted by Gasteiger charge is -2.37. The number of alkyl halides is 3. The van der Waals surface area contributed by atoms with Crippen LogP contribution in [0.5, 0.6) is 0 Å². The van der Waals surface area contributed by atoms with Gasteiger partial charge in [0.05, 0.1) is 11.1 Å². The predicted molar refractivity (Wildman–Crippen MR) is 168 cm³/mol. The van der Waals surface area contributed by atoms with E-state index >= 15 is 0 Å². The van der Waals surface area contributed by atoms with Crippen molar-refractivity contribution < 1.29 is 22.7 Å². The Bertz CT molecular complexity index is 1430. The molecule has 2 aromatic carbocycles. The summed E-state index contributed by atoms with van der Waals surface area (Å²) in [4.78, 5) is 21.6. The third-order valence-corrected chi connectivity index (χ3v) is 9.49. The van der Waals surface area contributed by atoms with Crippen molar-refractivity contribution in [3.63, 3.8) is 0 Å². The molecule has 2 aliphatic rings. The first-order chi connectivity index (χ1) is 20.4. The second-order valence-electron chi connectivity index (χ2n) is 12.7. The van der Waals surface area contributed by atoms with Crippen LogP contribution in [0.3, 0.4) is 0 Å². The molecule has 2 fully saturated rings. The fourth-order valence-electron chi connectivity index (χ4n) is 5.87. The average Bonchev–Trinajstić information content (AvgIpc) is 2.92. The van der Waals surface area contributed by atoms with Crippen molar-refractivity contribution >= 4 is 40.1 Å². The molecule has 0 unspecified atom stereocenters. The summed E-state index contributed by atoms with van der Waals surface area (Å²) < 4.78 is 44.7. The highest BCUT2D eigenvalue weighted by Crippen LogP contribution is 2.41. The largest absolute Gasteiger partial charge is 0.444 e. The number of ether oxygens (including phenoxy) is 1. The number of halogens is 3. The molecule has 3 aromatic rings. The Labute approximate surface area is 256 Å². The van der Waals surface area contributed by atoms with Crippen molar-refractivity contribution in [2.75, 3.05) is 48.7 Å². The van der Waals surface area contributed by atoms with Gasteiger partial charge in [0.2, 0.25) is 0 Å². The molecule has 43 heavy (non-hydrogen) atoms. The van der Waals surface area contributed by atoms with Crippen LogP contribution in [-0.2, 0) is 10.9 Å². The molecule has 232 valence electrons. The third-order valence-electron chi connectivity index (χ3n) is 8.19. The maximum atomic E-state index is 13.1. The van der Waals surface area contributed by atoms with E-state index in [2.05, 4.69) is 40.3 Å². The minimum atomic E-state index is -4.36. The molecule has 6 nitrogen and oxygen atoms in total. The van der Waals surface area contributed by atoms with E-state index in [-0.39, 0.29) is 6.09 Å². The van der Waals surface area contributed by atoms with Gasteiger partial charge < -0.3 is 19.9 Å². The minimum absolute atomic E-state index is 0.242. The zero-order valence-electron chi connectivity index (χ0n) is 25.3. The first-order valence-electron chi connectivity index (χ1n) is 15.0. The van der Waals surface area contributed by atoms with Crippen molar-refractivity contribution in [2.45, 2.75) is 63.6 Å². The normalized spacial score (nSPS) is 19.3. The molecule has 1 N–H and O–H groups in total. The Morgan fingerprint density at radius 3 is 2.44 bits per heavy atom. The number of carbonyl (C=O) groups excluding carboxylic acids is 1. The number of hydrogen-bond donors (Lipinski definition) is 1. The van der Waals surface area contributed by atoms with Gasteiger partial charge in [-0.2, -0.15) is 13.2 Å².